The number of carbonyl (C=O) groups is 1. The first-order valence-corrected chi connectivity index (χ1v) is 7.36. The highest BCUT2D eigenvalue weighted by Gasteiger charge is 2.19. The van der Waals surface area contributed by atoms with Crippen LogP contribution < -0.4 is 0 Å². The fourth-order valence-corrected chi connectivity index (χ4v) is 2.59. The van der Waals surface area contributed by atoms with Crippen LogP contribution in [0.2, 0.25) is 0 Å². The van der Waals surface area contributed by atoms with Gasteiger partial charge in [0.15, 0.2) is 0 Å². The van der Waals surface area contributed by atoms with Gasteiger partial charge in [-0.1, -0.05) is 37.3 Å². The third kappa shape index (κ3) is 2.57. The van der Waals surface area contributed by atoms with Crippen molar-refractivity contribution in [2.75, 3.05) is 0 Å². The van der Waals surface area contributed by atoms with E-state index < -0.39 is 0 Å². The van der Waals surface area contributed by atoms with E-state index >= 15 is 0 Å². The summed E-state index contributed by atoms with van der Waals surface area (Å²) in [7, 11) is 0. The van der Waals surface area contributed by atoms with E-state index in [-0.39, 0.29) is 6.03 Å². The van der Waals surface area contributed by atoms with Crippen molar-refractivity contribution in [1.82, 2.24) is 19.6 Å². The van der Waals surface area contributed by atoms with Crippen molar-refractivity contribution in [3.63, 3.8) is 0 Å². The SMILES string of the molecule is CCc1c(C)c(Cc2ccccc2)nn1C(=O)n1cccn1. The Morgan fingerprint density at radius 1 is 1.18 bits per heavy atom. The van der Waals surface area contributed by atoms with Crippen LogP contribution in [0, 0.1) is 6.92 Å². The molecule has 3 aromatic rings. The second-order valence-corrected chi connectivity index (χ2v) is 5.18. The summed E-state index contributed by atoms with van der Waals surface area (Å²) < 4.78 is 2.78. The average Bonchev–Trinajstić information content (AvgIpc) is 3.17. The van der Waals surface area contributed by atoms with Crippen molar-refractivity contribution in [3.05, 3.63) is 71.3 Å². The molecule has 22 heavy (non-hydrogen) atoms. The first kappa shape index (κ1) is 14.3. The van der Waals surface area contributed by atoms with Crippen LogP contribution in [-0.4, -0.2) is 25.6 Å². The normalized spacial score (nSPS) is 10.8. The van der Waals surface area contributed by atoms with Crippen LogP contribution in [0.4, 0.5) is 4.79 Å². The van der Waals surface area contributed by atoms with Crippen LogP contribution in [0.1, 0.15) is 29.4 Å². The molecular formula is C17H18N4O. The van der Waals surface area contributed by atoms with Gasteiger partial charge >= 0.3 is 6.03 Å². The van der Waals surface area contributed by atoms with Gasteiger partial charge in [-0.3, -0.25) is 0 Å². The Morgan fingerprint density at radius 2 is 1.95 bits per heavy atom. The van der Waals surface area contributed by atoms with Gasteiger partial charge in [-0.25, -0.2) is 4.79 Å². The maximum Gasteiger partial charge on any atom is 0.369 e. The summed E-state index contributed by atoms with van der Waals surface area (Å²) in [4.78, 5) is 12.5. The van der Waals surface area contributed by atoms with Crippen LogP contribution in [0.25, 0.3) is 0 Å². The first-order valence-electron chi connectivity index (χ1n) is 7.36. The lowest BCUT2D eigenvalue weighted by atomic mass is 10.1. The molecule has 1 aromatic carbocycles. The van der Waals surface area contributed by atoms with Crippen LogP contribution >= 0.6 is 0 Å². The second kappa shape index (κ2) is 5.97. The summed E-state index contributed by atoms with van der Waals surface area (Å²) in [5, 5.41) is 8.54. The Kier molecular flexibility index (Phi) is 3.87. The van der Waals surface area contributed by atoms with E-state index in [0.29, 0.717) is 0 Å². The Labute approximate surface area is 129 Å². The van der Waals surface area contributed by atoms with Crippen LogP contribution in [0.3, 0.4) is 0 Å². The Balaban J connectivity index is 1.98. The van der Waals surface area contributed by atoms with E-state index in [1.54, 1.807) is 18.5 Å². The molecule has 0 saturated carbocycles. The van der Waals surface area contributed by atoms with Gasteiger partial charge in [-0.05, 0) is 30.5 Å². The molecule has 0 aliphatic rings. The topological polar surface area (TPSA) is 52.7 Å². The van der Waals surface area contributed by atoms with E-state index in [1.807, 2.05) is 32.0 Å². The van der Waals surface area contributed by atoms with Gasteiger partial charge in [-0.15, -0.1) is 0 Å². The number of rotatable bonds is 3. The number of hydrogen-bond donors (Lipinski definition) is 0. The van der Waals surface area contributed by atoms with Gasteiger partial charge in [0.2, 0.25) is 0 Å². The molecule has 0 amide bonds. The molecule has 0 spiro atoms. The molecule has 5 nitrogen and oxygen atoms in total. The molecule has 2 aromatic heterocycles. The number of benzene rings is 1. The van der Waals surface area contributed by atoms with Gasteiger partial charge in [0.05, 0.1) is 11.4 Å². The summed E-state index contributed by atoms with van der Waals surface area (Å²) in [6.07, 6.45) is 4.69. The fourth-order valence-electron chi connectivity index (χ4n) is 2.59. The van der Waals surface area contributed by atoms with Crippen molar-refractivity contribution in [3.8, 4) is 0 Å². The maximum absolute atomic E-state index is 12.5. The van der Waals surface area contributed by atoms with Crippen molar-refractivity contribution in [1.29, 1.82) is 0 Å². The van der Waals surface area contributed by atoms with Crippen molar-refractivity contribution < 1.29 is 4.79 Å². The lowest BCUT2D eigenvalue weighted by molar-refractivity contribution is 0.237. The highest BCUT2D eigenvalue weighted by atomic mass is 16.2. The number of carbonyl (C=O) groups excluding carboxylic acids is 1. The molecule has 0 unspecified atom stereocenters. The molecule has 0 N–H and O–H groups in total. The lowest BCUT2D eigenvalue weighted by Gasteiger charge is -2.04. The molecule has 112 valence electrons. The van der Waals surface area contributed by atoms with E-state index in [1.165, 1.54) is 14.9 Å². The standard InChI is InChI=1S/C17H18N4O/c1-3-16-13(2)15(12-14-8-5-4-6-9-14)19-21(16)17(22)20-11-7-10-18-20/h4-11H,3,12H2,1-2H3. The van der Waals surface area contributed by atoms with E-state index in [9.17, 15) is 4.79 Å². The molecule has 3 rings (SSSR count). The van der Waals surface area contributed by atoms with Gasteiger partial charge in [0.25, 0.3) is 0 Å². The minimum atomic E-state index is -0.246. The largest absolute Gasteiger partial charge is 0.369 e. The Hall–Kier alpha value is -2.69. The summed E-state index contributed by atoms with van der Waals surface area (Å²) in [6, 6.07) is 11.6. The number of aromatic nitrogens is 4. The molecule has 0 aliphatic carbocycles. The molecule has 0 atom stereocenters. The van der Waals surface area contributed by atoms with Crippen molar-refractivity contribution >= 4 is 6.03 Å². The maximum atomic E-state index is 12.5. The van der Waals surface area contributed by atoms with Crippen molar-refractivity contribution in [2.24, 2.45) is 0 Å². The lowest BCUT2D eigenvalue weighted by Crippen LogP contribution is -2.23. The van der Waals surface area contributed by atoms with Crippen molar-refractivity contribution in [2.45, 2.75) is 26.7 Å². The molecule has 0 bridgehead atoms. The summed E-state index contributed by atoms with van der Waals surface area (Å²) in [6.45, 7) is 4.06. The van der Waals surface area contributed by atoms with Gasteiger partial charge in [0, 0.05) is 18.8 Å². The summed E-state index contributed by atoms with van der Waals surface area (Å²) >= 11 is 0. The fraction of sp³-hybridized carbons (Fsp3) is 0.235. The highest BCUT2D eigenvalue weighted by molar-refractivity contribution is 5.78. The Bertz CT molecular complexity index is 773. The zero-order valence-electron chi connectivity index (χ0n) is 12.7. The molecule has 0 aliphatic heterocycles. The summed E-state index contributed by atoms with van der Waals surface area (Å²) in [5.41, 5.74) is 4.13. The van der Waals surface area contributed by atoms with Crippen LogP contribution in [0.15, 0.2) is 48.8 Å². The third-order valence-corrected chi connectivity index (χ3v) is 3.77. The Morgan fingerprint density at radius 3 is 2.59 bits per heavy atom. The zero-order valence-corrected chi connectivity index (χ0v) is 12.7. The predicted octanol–water partition coefficient (Wildman–Crippen LogP) is 3.06. The number of nitrogens with zero attached hydrogens (tertiary/aromatic N) is 4. The van der Waals surface area contributed by atoms with Crippen LogP contribution in [-0.2, 0) is 12.8 Å². The zero-order chi connectivity index (χ0) is 15.5. The monoisotopic (exact) mass is 294 g/mol. The third-order valence-electron chi connectivity index (χ3n) is 3.77. The minimum Gasteiger partial charge on any atom is -0.244 e. The molecule has 0 radical (unpaired) electrons. The smallest absolute Gasteiger partial charge is 0.244 e. The first-order chi connectivity index (χ1) is 10.7. The molecule has 0 saturated heterocycles. The quantitative estimate of drug-likeness (QED) is 0.746. The van der Waals surface area contributed by atoms with Gasteiger partial charge in [0.1, 0.15) is 0 Å². The van der Waals surface area contributed by atoms with Gasteiger partial charge in [-0.2, -0.15) is 19.6 Å². The van der Waals surface area contributed by atoms with E-state index in [4.69, 9.17) is 0 Å². The van der Waals surface area contributed by atoms with Crippen LogP contribution in [0.5, 0.6) is 0 Å². The molecule has 0 fully saturated rings. The molecule has 2 heterocycles. The summed E-state index contributed by atoms with van der Waals surface area (Å²) in [5.74, 6) is 0. The average molecular weight is 294 g/mol. The minimum absolute atomic E-state index is 0.246. The van der Waals surface area contributed by atoms with Gasteiger partial charge < -0.3 is 0 Å². The predicted molar refractivity (Wildman–Crippen MR) is 84.0 cm³/mol. The van der Waals surface area contributed by atoms with E-state index in [2.05, 4.69) is 22.3 Å². The number of hydrogen-bond acceptors (Lipinski definition) is 3. The molecular weight excluding hydrogens is 276 g/mol. The second-order valence-electron chi connectivity index (χ2n) is 5.18. The highest BCUT2D eigenvalue weighted by Crippen LogP contribution is 2.18. The molecule has 5 heteroatoms. The van der Waals surface area contributed by atoms with E-state index in [0.717, 1.165) is 29.8 Å².